The summed E-state index contributed by atoms with van der Waals surface area (Å²) >= 11 is 5.57. The Labute approximate surface area is 95.7 Å². The Bertz CT molecular complexity index is 470. The van der Waals surface area contributed by atoms with E-state index in [4.69, 9.17) is 11.6 Å². The number of pyridine rings is 1. The lowest BCUT2D eigenvalue weighted by Crippen LogP contribution is -2.05. The maximum Gasteiger partial charge on any atom is 0.280 e. The first kappa shape index (κ1) is 11.0. The Balaban J connectivity index is 2.53. The number of alkyl halides is 3. The van der Waals surface area contributed by atoms with Gasteiger partial charge in [-0.1, -0.05) is 6.07 Å². The van der Waals surface area contributed by atoms with Crippen LogP contribution in [0.2, 0.25) is 0 Å². The van der Waals surface area contributed by atoms with Crippen molar-refractivity contribution in [2.24, 2.45) is 0 Å². The zero-order valence-corrected chi connectivity index (χ0v) is 8.90. The van der Waals surface area contributed by atoms with Crippen molar-refractivity contribution < 1.29 is 8.78 Å². The standard InChI is InChI=1S/C10H8ClF2N3/c11-5-7-6-15-16(9(7)10(12)13)8-3-1-2-4-14-8/h1-4,6,10H,5H2. The second-order valence-corrected chi connectivity index (χ2v) is 3.36. The van der Waals surface area contributed by atoms with Crippen LogP contribution in [-0.4, -0.2) is 14.8 Å². The molecule has 84 valence electrons. The summed E-state index contributed by atoms with van der Waals surface area (Å²) in [6, 6.07) is 5.02. The topological polar surface area (TPSA) is 30.7 Å². The van der Waals surface area contributed by atoms with Gasteiger partial charge in [0.25, 0.3) is 6.43 Å². The van der Waals surface area contributed by atoms with E-state index in [1.807, 2.05) is 0 Å². The molecule has 2 aromatic rings. The highest BCUT2D eigenvalue weighted by molar-refractivity contribution is 6.17. The molecule has 0 aliphatic carbocycles. The highest BCUT2D eigenvalue weighted by Crippen LogP contribution is 2.25. The molecule has 2 heterocycles. The fourth-order valence-corrected chi connectivity index (χ4v) is 1.59. The molecule has 0 fully saturated rings. The van der Waals surface area contributed by atoms with Gasteiger partial charge in [-0.3, -0.25) is 0 Å². The molecule has 16 heavy (non-hydrogen) atoms. The molecular weight excluding hydrogens is 236 g/mol. The first-order valence-corrected chi connectivity index (χ1v) is 5.10. The molecule has 6 heteroatoms. The van der Waals surface area contributed by atoms with Gasteiger partial charge in [-0.05, 0) is 12.1 Å². The smallest absolute Gasteiger partial charge is 0.237 e. The molecule has 0 amide bonds. The van der Waals surface area contributed by atoms with Crippen LogP contribution >= 0.6 is 11.6 Å². The van der Waals surface area contributed by atoms with Gasteiger partial charge >= 0.3 is 0 Å². The van der Waals surface area contributed by atoms with Crippen LogP contribution in [0.15, 0.2) is 30.6 Å². The fourth-order valence-electron chi connectivity index (χ4n) is 1.39. The molecule has 0 saturated carbocycles. The summed E-state index contributed by atoms with van der Waals surface area (Å²) in [7, 11) is 0. The number of hydrogen-bond acceptors (Lipinski definition) is 2. The SMILES string of the molecule is FC(F)c1c(CCl)cnn1-c1ccccn1. The number of aromatic nitrogens is 3. The molecule has 0 N–H and O–H groups in total. The molecule has 3 nitrogen and oxygen atoms in total. The second kappa shape index (κ2) is 4.57. The van der Waals surface area contributed by atoms with Crippen LogP contribution in [0.5, 0.6) is 0 Å². The molecule has 2 aromatic heterocycles. The van der Waals surface area contributed by atoms with E-state index in [9.17, 15) is 8.78 Å². The highest BCUT2D eigenvalue weighted by atomic mass is 35.5. The van der Waals surface area contributed by atoms with E-state index < -0.39 is 6.43 Å². The molecule has 0 saturated heterocycles. The predicted octanol–water partition coefficient (Wildman–Crippen LogP) is 2.94. The lowest BCUT2D eigenvalue weighted by atomic mass is 10.3. The largest absolute Gasteiger partial charge is 0.280 e. The summed E-state index contributed by atoms with van der Waals surface area (Å²) in [6.45, 7) is 0. The Morgan fingerprint density at radius 2 is 2.19 bits per heavy atom. The quantitative estimate of drug-likeness (QED) is 0.776. The summed E-state index contributed by atoms with van der Waals surface area (Å²) in [5.41, 5.74) is 0.121. The van der Waals surface area contributed by atoms with Crippen LogP contribution in [-0.2, 0) is 5.88 Å². The molecular formula is C10H8ClF2N3. The molecule has 0 spiro atoms. The molecule has 0 unspecified atom stereocenters. The van der Waals surface area contributed by atoms with Crippen molar-refractivity contribution in [2.75, 3.05) is 0 Å². The van der Waals surface area contributed by atoms with Crippen LogP contribution in [0, 0.1) is 0 Å². The summed E-state index contributed by atoms with van der Waals surface area (Å²) in [6.07, 6.45) is 0.230. The molecule has 0 aliphatic rings. The third-order valence-corrected chi connectivity index (χ3v) is 2.39. The Morgan fingerprint density at radius 3 is 2.75 bits per heavy atom. The van der Waals surface area contributed by atoms with Crippen LogP contribution in [0.25, 0.3) is 5.82 Å². The summed E-state index contributed by atoms with van der Waals surface area (Å²) < 4.78 is 26.8. The van der Waals surface area contributed by atoms with Crippen molar-refractivity contribution in [3.63, 3.8) is 0 Å². The van der Waals surface area contributed by atoms with Gasteiger partial charge in [-0.2, -0.15) is 5.10 Å². The molecule has 0 atom stereocenters. The van der Waals surface area contributed by atoms with E-state index in [-0.39, 0.29) is 11.6 Å². The van der Waals surface area contributed by atoms with Crippen molar-refractivity contribution in [1.82, 2.24) is 14.8 Å². The first-order valence-electron chi connectivity index (χ1n) is 4.56. The maximum absolute atomic E-state index is 12.8. The second-order valence-electron chi connectivity index (χ2n) is 3.09. The molecule has 0 bridgehead atoms. The van der Waals surface area contributed by atoms with Gasteiger partial charge in [0.1, 0.15) is 5.69 Å². The third-order valence-electron chi connectivity index (χ3n) is 2.10. The zero-order chi connectivity index (χ0) is 11.5. The minimum atomic E-state index is -2.63. The fraction of sp³-hybridized carbons (Fsp3) is 0.200. The van der Waals surface area contributed by atoms with E-state index >= 15 is 0 Å². The normalized spacial score (nSPS) is 11.0. The predicted molar refractivity (Wildman–Crippen MR) is 55.9 cm³/mol. The van der Waals surface area contributed by atoms with Gasteiger partial charge in [0, 0.05) is 11.8 Å². The number of halogens is 3. The van der Waals surface area contributed by atoms with E-state index in [1.165, 1.54) is 12.4 Å². The van der Waals surface area contributed by atoms with Crippen molar-refractivity contribution in [3.05, 3.63) is 41.9 Å². The van der Waals surface area contributed by atoms with Crippen LogP contribution < -0.4 is 0 Å². The van der Waals surface area contributed by atoms with Gasteiger partial charge in [0.2, 0.25) is 0 Å². The molecule has 0 radical (unpaired) electrons. The van der Waals surface area contributed by atoms with E-state index in [1.54, 1.807) is 18.2 Å². The Kier molecular flexibility index (Phi) is 3.14. The lowest BCUT2D eigenvalue weighted by molar-refractivity contribution is 0.141. The zero-order valence-electron chi connectivity index (χ0n) is 8.15. The summed E-state index contributed by atoms with van der Waals surface area (Å²) in [5.74, 6) is 0.362. The van der Waals surface area contributed by atoms with Gasteiger partial charge in [0.05, 0.1) is 12.1 Å². The van der Waals surface area contributed by atoms with Crippen molar-refractivity contribution in [2.45, 2.75) is 12.3 Å². The van der Waals surface area contributed by atoms with Gasteiger partial charge < -0.3 is 0 Å². The van der Waals surface area contributed by atoms with Gasteiger partial charge in [-0.25, -0.2) is 18.4 Å². The monoisotopic (exact) mass is 243 g/mol. The average Bonchev–Trinajstić information content (AvgIpc) is 2.73. The molecule has 2 rings (SSSR count). The van der Waals surface area contributed by atoms with E-state index in [0.717, 1.165) is 4.68 Å². The van der Waals surface area contributed by atoms with E-state index in [0.29, 0.717) is 11.4 Å². The Hall–Kier alpha value is -1.49. The minimum absolute atomic E-state index is 0.00646. The van der Waals surface area contributed by atoms with Crippen molar-refractivity contribution in [3.8, 4) is 5.82 Å². The molecule has 0 aliphatic heterocycles. The van der Waals surface area contributed by atoms with Crippen LogP contribution in [0.3, 0.4) is 0 Å². The summed E-state index contributed by atoms with van der Waals surface area (Å²) in [4.78, 5) is 3.96. The number of rotatable bonds is 3. The van der Waals surface area contributed by atoms with E-state index in [2.05, 4.69) is 10.1 Å². The minimum Gasteiger partial charge on any atom is -0.237 e. The highest BCUT2D eigenvalue weighted by Gasteiger charge is 2.20. The average molecular weight is 244 g/mol. The maximum atomic E-state index is 12.8. The number of nitrogens with zero attached hydrogens (tertiary/aromatic N) is 3. The third kappa shape index (κ3) is 1.90. The van der Waals surface area contributed by atoms with Crippen LogP contribution in [0.1, 0.15) is 17.7 Å². The van der Waals surface area contributed by atoms with Crippen LogP contribution in [0.4, 0.5) is 8.78 Å². The number of hydrogen-bond donors (Lipinski definition) is 0. The van der Waals surface area contributed by atoms with Gasteiger partial charge in [0.15, 0.2) is 5.82 Å². The summed E-state index contributed by atoms with van der Waals surface area (Å²) in [5, 5.41) is 3.87. The first-order chi connectivity index (χ1) is 7.74. The Morgan fingerprint density at radius 1 is 1.38 bits per heavy atom. The van der Waals surface area contributed by atoms with Crippen molar-refractivity contribution in [1.29, 1.82) is 0 Å². The van der Waals surface area contributed by atoms with Gasteiger partial charge in [-0.15, -0.1) is 11.6 Å². The lowest BCUT2D eigenvalue weighted by Gasteiger charge is -2.06. The molecule has 0 aromatic carbocycles. The van der Waals surface area contributed by atoms with Crippen molar-refractivity contribution >= 4 is 11.6 Å².